The first-order valence-corrected chi connectivity index (χ1v) is 2.81. The van der Waals surface area contributed by atoms with Crippen LogP contribution in [0.25, 0.3) is 0 Å². The molecule has 10 heavy (non-hydrogen) atoms. The van der Waals surface area contributed by atoms with Gasteiger partial charge in [0.1, 0.15) is 0 Å². The SMILES string of the molecule is C=C1C(=O)N(O)C(=O)C1C. The average Bonchev–Trinajstić information content (AvgIpc) is 2.07. The Balaban J connectivity index is 3.00. The zero-order valence-electron chi connectivity index (χ0n) is 5.50. The maximum Gasteiger partial charge on any atom is 0.280 e. The maximum atomic E-state index is 10.7. The molecule has 0 radical (unpaired) electrons. The van der Waals surface area contributed by atoms with E-state index in [0.717, 1.165) is 0 Å². The number of imide groups is 1. The minimum atomic E-state index is -0.697. The van der Waals surface area contributed by atoms with E-state index < -0.39 is 17.7 Å². The number of hydrogen-bond acceptors (Lipinski definition) is 3. The van der Waals surface area contributed by atoms with Gasteiger partial charge in [-0.25, -0.2) is 0 Å². The third-order valence-corrected chi connectivity index (χ3v) is 1.57. The molecular formula is C6H7NO3. The highest BCUT2D eigenvalue weighted by Gasteiger charge is 2.38. The highest BCUT2D eigenvalue weighted by atomic mass is 16.5. The second-order valence-corrected chi connectivity index (χ2v) is 2.20. The molecule has 4 heteroatoms. The Hall–Kier alpha value is -1.16. The minimum absolute atomic E-state index is 0.104. The van der Waals surface area contributed by atoms with E-state index in [4.69, 9.17) is 5.21 Å². The summed E-state index contributed by atoms with van der Waals surface area (Å²) in [6, 6.07) is 0. The summed E-state index contributed by atoms with van der Waals surface area (Å²) in [4.78, 5) is 21.4. The monoisotopic (exact) mass is 141 g/mol. The van der Waals surface area contributed by atoms with Crippen LogP contribution in [-0.2, 0) is 9.59 Å². The van der Waals surface area contributed by atoms with Crippen molar-refractivity contribution in [2.45, 2.75) is 6.92 Å². The van der Waals surface area contributed by atoms with Crippen molar-refractivity contribution in [1.29, 1.82) is 0 Å². The molecule has 54 valence electrons. The second-order valence-electron chi connectivity index (χ2n) is 2.20. The molecule has 1 atom stereocenters. The van der Waals surface area contributed by atoms with E-state index in [2.05, 4.69) is 6.58 Å². The summed E-state index contributed by atoms with van der Waals surface area (Å²) in [7, 11) is 0. The molecule has 2 amide bonds. The van der Waals surface area contributed by atoms with Gasteiger partial charge in [-0.2, -0.15) is 5.06 Å². The van der Waals surface area contributed by atoms with Gasteiger partial charge in [-0.3, -0.25) is 14.8 Å². The Morgan fingerprint density at radius 3 is 2.20 bits per heavy atom. The van der Waals surface area contributed by atoms with Gasteiger partial charge in [0.05, 0.1) is 5.92 Å². The number of hydroxylamine groups is 2. The molecule has 0 spiro atoms. The van der Waals surface area contributed by atoms with E-state index in [1.54, 1.807) is 0 Å². The first kappa shape index (κ1) is 6.95. The van der Waals surface area contributed by atoms with Crippen LogP contribution in [0.15, 0.2) is 12.2 Å². The molecule has 1 aliphatic rings. The van der Waals surface area contributed by atoms with E-state index in [9.17, 15) is 9.59 Å². The van der Waals surface area contributed by atoms with Gasteiger partial charge in [0, 0.05) is 5.57 Å². The van der Waals surface area contributed by atoms with Crippen LogP contribution in [0.4, 0.5) is 0 Å². The van der Waals surface area contributed by atoms with Gasteiger partial charge in [0.2, 0.25) is 0 Å². The van der Waals surface area contributed by atoms with Crippen LogP contribution in [0.3, 0.4) is 0 Å². The van der Waals surface area contributed by atoms with Crippen LogP contribution in [0.1, 0.15) is 6.92 Å². The largest absolute Gasteiger partial charge is 0.280 e. The first-order chi connectivity index (χ1) is 4.55. The van der Waals surface area contributed by atoms with Gasteiger partial charge < -0.3 is 0 Å². The van der Waals surface area contributed by atoms with E-state index in [0.29, 0.717) is 0 Å². The van der Waals surface area contributed by atoms with Crippen LogP contribution in [0, 0.1) is 5.92 Å². The predicted octanol–water partition coefficient (Wildman–Crippen LogP) is -0.0633. The lowest BCUT2D eigenvalue weighted by Crippen LogP contribution is -2.25. The summed E-state index contributed by atoms with van der Waals surface area (Å²) in [5, 5.41) is 8.78. The van der Waals surface area contributed by atoms with Gasteiger partial charge in [-0.1, -0.05) is 6.58 Å². The van der Waals surface area contributed by atoms with Gasteiger partial charge >= 0.3 is 0 Å². The van der Waals surface area contributed by atoms with Crippen molar-refractivity contribution in [3.8, 4) is 0 Å². The number of rotatable bonds is 0. The zero-order valence-corrected chi connectivity index (χ0v) is 5.50. The summed E-state index contributed by atoms with van der Waals surface area (Å²) in [5.41, 5.74) is 0.146. The fourth-order valence-corrected chi connectivity index (χ4v) is 0.754. The van der Waals surface area contributed by atoms with Crippen molar-refractivity contribution in [3.63, 3.8) is 0 Å². The minimum Gasteiger partial charge on any atom is -0.278 e. The zero-order chi connectivity index (χ0) is 7.89. The molecule has 0 aromatic heterocycles. The van der Waals surface area contributed by atoms with Gasteiger partial charge in [-0.05, 0) is 6.92 Å². The van der Waals surface area contributed by atoms with E-state index in [1.807, 2.05) is 0 Å². The van der Waals surface area contributed by atoms with Crippen molar-refractivity contribution in [1.82, 2.24) is 5.06 Å². The molecule has 1 rings (SSSR count). The third-order valence-electron chi connectivity index (χ3n) is 1.57. The van der Waals surface area contributed by atoms with E-state index >= 15 is 0 Å². The Morgan fingerprint density at radius 1 is 1.60 bits per heavy atom. The topological polar surface area (TPSA) is 57.6 Å². The molecule has 0 saturated carbocycles. The predicted molar refractivity (Wildman–Crippen MR) is 31.9 cm³/mol. The van der Waals surface area contributed by atoms with Crippen LogP contribution in [0.2, 0.25) is 0 Å². The summed E-state index contributed by atoms with van der Waals surface area (Å²) >= 11 is 0. The molecule has 1 N–H and O–H groups in total. The molecule has 0 bridgehead atoms. The highest BCUT2D eigenvalue weighted by molar-refractivity contribution is 6.13. The third kappa shape index (κ3) is 0.657. The maximum absolute atomic E-state index is 10.7. The number of carbonyl (C=O) groups excluding carboxylic acids is 2. The second kappa shape index (κ2) is 1.91. The quantitative estimate of drug-likeness (QED) is 0.292. The van der Waals surface area contributed by atoms with E-state index in [1.165, 1.54) is 6.92 Å². The van der Waals surface area contributed by atoms with Crippen molar-refractivity contribution in [2.75, 3.05) is 0 Å². The molecule has 1 heterocycles. The summed E-state index contributed by atoms with van der Waals surface area (Å²) in [6.45, 7) is 4.87. The molecular weight excluding hydrogens is 134 g/mol. The fourth-order valence-electron chi connectivity index (χ4n) is 0.754. The number of nitrogens with zero attached hydrogens (tertiary/aromatic N) is 1. The summed E-state index contributed by atoms with van der Waals surface area (Å²) in [5.74, 6) is -1.87. The Labute approximate surface area is 57.7 Å². The van der Waals surface area contributed by atoms with Crippen molar-refractivity contribution in [2.24, 2.45) is 5.92 Å². The Kier molecular flexibility index (Phi) is 1.33. The fraction of sp³-hybridized carbons (Fsp3) is 0.333. The Morgan fingerprint density at radius 2 is 2.10 bits per heavy atom. The molecule has 0 aliphatic carbocycles. The van der Waals surface area contributed by atoms with Gasteiger partial charge in [0.15, 0.2) is 0 Å². The van der Waals surface area contributed by atoms with Crippen LogP contribution in [0.5, 0.6) is 0 Å². The standard InChI is InChI=1S/C6H7NO3/c1-3-4(2)6(9)7(10)5(3)8/h4,10H,1H2,2H3. The lowest BCUT2D eigenvalue weighted by Gasteiger charge is -1.99. The molecule has 0 aromatic rings. The Bertz CT molecular complexity index is 199. The smallest absolute Gasteiger partial charge is 0.278 e. The van der Waals surface area contributed by atoms with Crippen LogP contribution >= 0.6 is 0 Å². The van der Waals surface area contributed by atoms with E-state index in [-0.39, 0.29) is 10.6 Å². The molecule has 1 unspecified atom stereocenters. The molecule has 1 fully saturated rings. The van der Waals surface area contributed by atoms with Crippen molar-refractivity contribution >= 4 is 11.8 Å². The lowest BCUT2D eigenvalue weighted by molar-refractivity contribution is -0.171. The number of hydrogen-bond donors (Lipinski definition) is 1. The number of amides is 2. The average molecular weight is 141 g/mol. The first-order valence-electron chi connectivity index (χ1n) is 2.81. The lowest BCUT2D eigenvalue weighted by atomic mass is 10.1. The summed E-state index contributed by atoms with van der Waals surface area (Å²) in [6.07, 6.45) is 0. The number of carbonyl (C=O) groups is 2. The van der Waals surface area contributed by atoms with Crippen LogP contribution in [-0.4, -0.2) is 22.1 Å². The van der Waals surface area contributed by atoms with Crippen molar-refractivity contribution in [3.05, 3.63) is 12.2 Å². The molecule has 0 aromatic carbocycles. The molecule has 4 nitrogen and oxygen atoms in total. The highest BCUT2D eigenvalue weighted by Crippen LogP contribution is 2.21. The molecule has 1 aliphatic heterocycles. The normalized spacial score (nSPS) is 26.4. The van der Waals surface area contributed by atoms with Gasteiger partial charge in [-0.15, -0.1) is 0 Å². The van der Waals surface area contributed by atoms with Gasteiger partial charge in [0.25, 0.3) is 11.8 Å². The van der Waals surface area contributed by atoms with Crippen LogP contribution < -0.4 is 0 Å². The molecule has 1 saturated heterocycles. The summed E-state index contributed by atoms with van der Waals surface area (Å²) < 4.78 is 0. The van der Waals surface area contributed by atoms with Crippen molar-refractivity contribution < 1.29 is 14.8 Å².